The highest BCUT2D eigenvalue weighted by Crippen LogP contribution is 2.30. The minimum Gasteiger partial charge on any atom is -0.351 e. The lowest BCUT2D eigenvalue weighted by molar-refractivity contribution is -0.137. The highest BCUT2D eigenvalue weighted by molar-refractivity contribution is 7.09. The van der Waals surface area contributed by atoms with Gasteiger partial charge in [0.25, 0.3) is 5.91 Å². The lowest BCUT2D eigenvalue weighted by atomic mass is 10.0. The molecule has 1 atom stereocenters. The van der Waals surface area contributed by atoms with Crippen molar-refractivity contribution in [3.63, 3.8) is 0 Å². The number of hydrogen-bond donors (Lipinski definition) is 1. The zero-order valence-corrected chi connectivity index (χ0v) is 22.8. The van der Waals surface area contributed by atoms with Gasteiger partial charge in [0.1, 0.15) is 16.5 Å². The highest BCUT2D eigenvalue weighted by Gasteiger charge is 2.30. The molecule has 3 aromatic rings. The molecule has 0 saturated carbocycles. The Kier molecular flexibility index (Phi) is 10.1. The molecule has 39 heavy (non-hydrogen) atoms. The van der Waals surface area contributed by atoms with Crippen LogP contribution in [-0.4, -0.2) is 46.4 Å². The van der Waals surface area contributed by atoms with Crippen molar-refractivity contribution in [1.29, 1.82) is 0 Å². The molecule has 2 aromatic carbocycles. The molecule has 1 unspecified atom stereocenters. The van der Waals surface area contributed by atoms with Gasteiger partial charge in [0.15, 0.2) is 0 Å². The molecular weight excluding hydrogens is 528 g/mol. The van der Waals surface area contributed by atoms with E-state index in [9.17, 15) is 22.4 Å². The summed E-state index contributed by atoms with van der Waals surface area (Å²) in [6.07, 6.45) is 0.129. The zero-order chi connectivity index (χ0) is 27.8. The standard InChI is InChI=1S/C29H34F4N4OS/c1-21-8-4-5-14-37(21)15-7-13-34-28(38)26-20-39-27(35-26)19-36(18-23-10-2-3-12-25(23)30)17-22-9-6-11-24(16-22)29(31,32)33/h2-3,6,9-12,16,20-21H,4-5,7-8,13-15,17-19H2,1H3,(H,34,38). The van der Waals surface area contributed by atoms with Crippen molar-refractivity contribution in [2.24, 2.45) is 0 Å². The highest BCUT2D eigenvalue weighted by atomic mass is 32.1. The van der Waals surface area contributed by atoms with Gasteiger partial charge in [-0.25, -0.2) is 9.37 Å². The summed E-state index contributed by atoms with van der Waals surface area (Å²) in [6.45, 7) is 5.46. The second-order valence-corrected chi connectivity index (χ2v) is 11.0. The fraction of sp³-hybridized carbons (Fsp3) is 0.448. The summed E-state index contributed by atoms with van der Waals surface area (Å²) in [6, 6.07) is 12.0. The van der Waals surface area contributed by atoms with Crippen LogP contribution in [0.3, 0.4) is 0 Å². The molecule has 1 aromatic heterocycles. The summed E-state index contributed by atoms with van der Waals surface area (Å²) in [5.41, 5.74) is 0.473. The Hall–Kier alpha value is -2.82. The van der Waals surface area contributed by atoms with Crippen molar-refractivity contribution in [2.45, 2.75) is 64.5 Å². The maximum atomic E-state index is 14.4. The van der Waals surface area contributed by atoms with Crippen LogP contribution in [0, 0.1) is 5.82 Å². The van der Waals surface area contributed by atoms with Crippen LogP contribution in [-0.2, 0) is 25.8 Å². The smallest absolute Gasteiger partial charge is 0.351 e. The van der Waals surface area contributed by atoms with E-state index in [0.29, 0.717) is 34.4 Å². The number of thiazole rings is 1. The van der Waals surface area contributed by atoms with Crippen LogP contribution in [0.25, 0.3) is 0 Å². The Labute approximate surface area is 230 Å². The first-order valence-corrected chi connectivity index (χ1v) is 14.2. The fourth-order valence-electron chi connectivity index (χ4n) is 4.88. The predicted molar refractivity (Wildman–Crippen MR) is 145 cm³/mol. The van der Waals surface area contributed by atoms with Crippen LogP contribution in [0.5, 0.6) is 0 Å². The van der Waals surface area contributed by atoms with Crippen LogP contribution < -0.4 is 5.32 Å². The van der Waals surface area contributed by atoms with Crippen molar-refractivity contribution >= 4 is 17.2 Å². The Morgan fingerprint density at radius 1 is 1.13 bits per heavy atom. The van der Waals surface area contributed by atoms with Crippen molar-refractivity contribution < 1.29 is 22.4 Å². The first-order chi connectivity index (χ1) is 18.7. The molecule has 0 aliphatic carbocycles. The fourth-order valence-corrected chi connectivity index (χ4v) is 5.70. The number of aromatic nitrogens is 1. The summed E-state index contributed by atoms with van der Waals surface area (Å²) >= 11 is 1.31. The van der Waals surface area contributed by atoms with Crippen LogP contribution >= 0.6 is 11.3 Å². The topological polar surface area (TPSA) is 48.5 Å². The molecule has 1 fully saturated rings. The van der Waals surface area contributed by atoms with Gasteiger partial charge in [0.2, 0.25) is 0 Å². The summed E-state index contributed by atoms with van der Waals surface area (Å²) in [7, 11) is 0. The number of carbonyl (C=O) groups excluding carboxylic acids is 1. The lowest BCUT2D eigenvalue weighted by Crippen LogP contribution is -2.39. The third-order valence-corrected chi connectivity index (χ3v) is 7.84. The summed E-state index contributed by atoms with van der Waals surface area (Å²) in [4.78, 5) is 21.4. The molecule has 5 nitrogen and oxygen atoms in total. The van der Waals surface area contributed by atoms with E-state index in [1.165, 1.54) is 42.7 Å². The largest absolute Gasteiger partial charge is 0.416 e. The van der Waals surface area contributed by atoms with Crippen LogP contribution in [0.1, 0.15) is 64.8 Å². The molecule has 0 radical (unpaired) electrons. The summed E-state index contributed by atoms with van der Waals surface area (Å²) < 4.78 is 54.1. The third-order valence-electron chi connectivity index (χ3n) is 7.00. The quantitative estimate of drug-likeness (QED) is 0.214. The van der Waals surface area contributed by atoms with E-state index in [-0.39, 0.29) is 31.4 Å². The van der Waals surface area contributed by atoms with Gasteiger partial charge in [-0.05, 0) is 50.4 Å². The first-order valence-electron chi connectivity index (χ1n) is 13.3. The van der Waals surface area contributed by atoms with Gasteiger partial charge in [0.05, 0.1) is 12.1 Å². The zero-order valence-electron chi connectivity index (χ0n) is 22.0. The molecule has 1 N–H and O–H groups in total. The van der Waals surface area contributed by atoms with Gasteiger partial charge < -0.3 is 10.2 Å². The van der Waals surface area contributed by atoms with Gasteiger partial charge in [-0.15, -0.1) is 11.3 Å². The number of benzene rings is 2. The van der Waals surface area contributed by atoms with Gasteiger partial charge in [-0.1, -0.05) is 42.8 Å². The number of rotatable bonds is 11. The molecule has 1 aliphatic rings. The molecular formula is C29H34F4N4OS. The molecule has 0 spiro atoms. The molecule has 10 heteroatoms. The predicted octanol–water partition coefficient (Wildman–Crippen LogP) is 6.50. The van der Waals surface area contributed by atoms with Crippen molar-refractivity contribution in [3.05, 3.63) is 87.1 Å². The third kappa shape index (κ3) is 8.58. The maximum absolute atomic E-state index is 14.4. The van der Waals surface area contributed by atoms with E-state index in [4.69, 9.17) is 0 Å². The molecule has 4 rings (SSSR count). The molecule has 1 aliphatic heterocycles. The number of amides is 1. The van der Waals surface area contributed by atoms with E-state index < -0.39 is 11.7 Å². The SMILES string of the molecule is CC1CCCCN1CCCNC(=O)c1csc(CN(Cc2cccc(C(F)(F)F)c2)Cc2ccccc2F)n1. The van der Waals surface area contributed by atoms with Gasteiger partial charge in [-0.3, -0.25) is 9.69 Å². The second-order valence-electron chi connectivity index (χ2n) is 10.1. The number of piperidine rings is 1. The van der Waals surface area contributed by atoms with E-state index >= 15 is 0 Å². The number of halogens is 4. The van der Waals surface area contributed by atoms with E-state index in [2.05, 4.69) is 22.1 Å². The monoisotopic (exact) mass is 562 g/mol. The molecule has 1 saturated heterocycles. The molecule has 0 bridgehead atoms. The molecule has 210 valence electrons. The Morgan fingerprint density at radius 3 is 2.72 bits per heavy atom. The van der Waals surface area contributed by atoms with E-state index in [1.54, 1.807) is 29.6 Å². The average Bonchev–Trinajstić information content (AvgIpc) is 3.37. The van der Waals surface area contributed by atoms with Gasteiger partial charge in [-0.2, -0.15) is 13.2 Å². The Bertz CT molecular complexity index is 1230. The molecule has 2 heterocycles. The van der Waals surface area contributed by atoms with E-state index in [1.807, 2.05) is 4.90 Å². The Balaban J connectivity index is 1.38. The maximum Gasteiger partial charge on any atom is 0.416 e. The normalized spacial score (nSPS) is 16.5. The number of likely N-dealkylation sites (tertiary alicyclic amines) is 1. The van der Waals surface area contributed by atoms with Crippen molar-refractivity contribution in [3.8, 4) is 0 Å². The van der Waals surface area contributed by atoms with Crippen molar-refractivity contribution in [2.75, 3.05) is 19.6 Å². The summed E-state index contributed by atoms with van der Waals surface area (Å²) in [5, 5.41) is 5.25. The number of hydrogen-bond acceptors (Lipinski definition) is 5. The number of alkyl halides is 3. The molecule has 1 amide bonds. The number of carbonyl (C=O) groups is 1. The minimum absolute atomic E-state index is 0.161. The van der Waals surface area contributed by atoms with Gasteiger partial charge in [0, 0.05) is 43.2 Å². The summed E-state index contributed by atoms with van der Waals surface area (Å²) in [5.74, 6) is -0.632. The number of nitrogens with one attached hydrogen (secondary N) is 1. The lowest BCUT2D eigenvalue weighted by Gasteiger charge is -2.33. The van der Waals surface area contributed by atoms with Crippen molar-refractivity contribution in [1.82, 2.24) is 20.1 Å². The van der Waals surface area contributed by atoms with Crippen LogP contribution in [0.4, 0.5) is 17.6 Å². The number of nitrogens with zero attached hydrogens (tertiary/aromatic N) is 3. The van der Waals surface area contributed by atoms with Gasteiger partial charge >= 0.3 is 6.18 Å². The van der Waals surface area contributed by atoms with Crippen LogP contribution in [0.15, 0.2) is 53.9 Å². The average molecular weight is 563 g/mol. The minimum atomic E-state index is -4.45. The first kappa shape index (κ1) is 29.2. The Morgan fingerprint density at radius 2 is 1.95 bits per heavy atom. The van der Waals surface area contributed by atoms with Crippen LogP contribution in [0.2, 0.25) is 0 Å². The van der Waals surface area contributed by atoms with E-state index in [0.717, 1.165) is 31.6 Å². The second kappa shape index (κ2) is 13.5.